The third-order valence-electron chi connectivity index (χ3n) is 6.12. The Morgan fingerprint density at radius 2 is 1.63 bits per heavy atom. The van der Waals surface area contributed by atoms with Crippen LogP contribution >= 0.6 is 11.6 Å². The van der Waals surface area contributed by atoms with Crippen LogP contribution in [-0.2, 0) is 13.1 Å². The van der Waals surface area contributed by atoms with E-state index < -0.39 is 0 Å². The van der Waals surface area contributed by atoms with Gasteiger partial charge >= 0.3 is 0 Å². The summed E-state index contributed by atoms with van der Waals surface area (Å²) in [4.78, 5) is 20.2. The second-order valence-electron chi connectivity index (χ2n) is 8.76. The van der Waals surface area contributed by atoms with Crippen molar-refractivity contribution < 1.29 is 14.3 Å². The molecule has 0 saturated carbocycles. The molecule has 0 atom stereocenters. The average Bonchev–Trinajstić information content (AvgIpc) is 2.84. The van der Waals surface area contributed by atoms with Gasteiger partial charge in [-0.2, -0.15) is 0 Å². The predicted octanol–water partition coefficient (Wildman–Crippen LogP) is 6.67. The first-order valence-corrected chi connectivity index (χ1v) is 11.8. The first-order valence-electron chi connectivity index (χ1n) is 11.4. The molecule has 0 aliphatic heterocycles. The molecule has 0 spiro atoms. The summed E-state index contributed by atoms with van der Waals surface area (Å²) in [5.74, 6) is 1.18. The van der Waals surface area contributed by atoms with Gasteiger partial charge in [0.15, 0.2) is 11.5 Å². The van der Waals surface area contributed by atoms with Crippen LogP contribution in [0.1, 0.15) is 38.2 Å². The Morgan fingerprint density at radius 3 is 2.34 bits per heavy atom. The summed E-state index contributed by atoms with van der Waals surface area (Å²) in [5.41, 5.74) is 6.40. The standard InChI is InChI=1S/C29H29ClN2O3/c1-18-12-20(3)27-22(13-18)15-23(28(30)31-27)17-32(29(33)24-9-7-6-8-19(24)2)16-21-10-11-25(34-4)26(14-21)35-5/h6-15H,16-17H2,1-5H3. The van der Waals surface area contributed by atoms with Crippen molar-refractivity contribution in [1.82, 2.24) is 9.88 Å². The summed E-state index contributed by atoms with van der Waals surface area (Å²) in [5, 5.41) is 1.41. The van der Waals surface area contributed by atoms with Gasteiger partial charge in [-0.15, -0.1) is 0 Å². The molecule has 0 fully saturated rings. The molecule has 0 N–H and O–H groups in total. The Bertz CT molecular complexity index is 1400. The maximum atomic E-state index is 13.7. The lowest BCUT2D eigenvalue weighted by Gasteiger charge is -2.25. The lowest BCUT2D eigenvalue weighted by molar-refractivity contribution is 0.0729. The number of fused-ring (bicyclic) bond motifs is 1. The molecule has 3 aromatic carbocycles. The first kappa shape index (κ1) is 24.6. The minimum atomic E-state index is -0.0746. The fourth-order valence-corrected chi connectivity index (χ4v) is 4.57. The monoisotopic (exact) mass is 488 g/mol. The van der Waals surface area contributed by atoms with Crippen LogP contribution in [0.5, 0.6) is 11.5 Å². The van der Waals surface area contributed by atoms with E-state index in [1.54, 1.807) is 19.1 Å². The fourth-order valence-electron chi connectivity index (χ4n) is 4.37. The molecule has 1 amide bonds. The summed E-state index contributed by atoms with van der Waals surface area (Å²) in [6.07, 6.45) is 0. The largest absolute Gasteiger partial charge is 0.493 e. The number of aromatic nitrogens is 1. The number of methoxy groups -OCH3 is 2. The number of benzene rings is 3. The van der Waals surface area contributed by atoms with E-state index >= 15 is 0 Å². The Kier molecular flexibility index (Phi) is 7.27. The van der Waals surface area contributed by atoms with Crippen LogP contribution in [0.4, 0.5) is 0 Å². The maximum Gasteiger partial charge on any atom is 0.254 e. The van der Waals surface area contributed by atoms with E-state index in [0.717, 1.165) is 38.7 Å². The number of ether oxygens (including phenoxy) is 2. The summed E-state index contributed by atoms with van der Waals surface area (Å²) in [7, 11) is 3.20. The first-order chi connectivity index (χ1) is 16.8. The van der Waals surface area contributed by atoms with Gasteiger partial charge in [0.1, 0.15) is 5.15 Å². The number of amides is 1. The van der Waals surface area contributed by atoms with E-state index in [0.29, 0.717) is 35.3 Å². The third kappa shape index (κ3) is 5.25. The van der Waals surface area contributed by atoms with Gasteiger partial charge < -0.3 is 14.4 Å². The molecule has 0 bridgehead atoms. The Hall–Kier alpha value is -3.57. The molecule has 1 aromatic heterocycles. The van der Waals surface area contributed by atoms with E-state index in [9.17, 15) is 4.79 Å². The van der Waals surface area contributed by atoms with E-state index in [4.69, 9.17) is 21.1 Å². The number of halogens is 1. The number of pyridine rings is 1. The Labute approximate surface area is 211 Å². The maximum absolute atomic E-state index is 13.7. The van der Waals surface area contributed by atoms with Crippen molar-refractivity contribution in [2.75, 3.05) is 14.2 Å². The number of carbonyl (C=O) groups is 1. The molecule has 180 valence electrons. The van der Waals surface area contributed by atoms with Crippen LogP contribution in [0.15, 0.2) is 60.7 Å². The van der Waals surface area contributed by atoms with Crippen LogP contribution in [0.3, 0.4) is 0 Å². The average molecular weight is 489 g/mol. The quantitative estimate of drug-likeness (QED) is 0.272. The molecule has 5 nitrogen and oxygen atoms in total. The summed E-state index contributed by atoms with van der Waals surface area (Å²) >= 11 is 6.65. The highest BCUT2D eigenvalue weighted by molar-refractivity contribution is 6.30. The van der Waals surface area contributed by atoms with Crippen molar-refractivity contribution >= 4 is 28.4 Å². The lowest BCUT2D eigenvalue weighted by atomic mass is 10.0. The molecule has 4 aromatic rings. The van der Waals surface area contributed by atoms with Crippen LogP contribution in [-0.4, -0.2) is 30.0 Å². The van der Waals surface area contributed by atoms with Crippen molar-refractivity contribution in [3.63, 3.8) is 0 Å². The van der Waals surface area contributed by atoms with Gasteiger partial charge in [0.25, 0.3) is 5.91 Å². The van der Waals surface area contributed by atoms with Crippen molar-refractivity contribution in [1.29, 1.82) is 0 Å². The molecule has 0 aliphatic rings. The van der Waals surface area contributed by atoms with Gasteiger partial charge in [0.2, 0.25) is 0 Å². The van der Waals surface area contributed by atoms with Gasteiger partial charge in [-0.25, -0.2) is 4.98 Å². The van der Waals surface area contributed by atoms with E-state index in [1.165, 1.54) is 0 Å². The number of rotatable bonds is 7. The minimum Gasteiger partial charge on any atom is -0.493 e. The van der Waals surface area contributed by atoms with Gasteiger partial charge in [0, 0.05) is 29.6 Å². The number of hydrogen-bond acceptors (Lipinski definition) is 4. The summed E-state index contributed by atoms with van der Waals surface area (Å²) in [6, 6.07) is 19.5. The molecule has 0 unspecified atom stereocenters. The van der Waals surface area contributed by atoms with Crippen LogP contribution in [0.2, 0.25) is 5.15 Å². The summed E-state index contributed by atoms with van der Waals surface area (Å²) in [6.45, 7) is 6.72. The molecule has 6 heteroatoms. The summed E-state index contributed by atoms with van der Waals surface area (Å²) < 4.78 is 10.8. The van der Waals surface area contributed by atoms with Gasteiger partial charge in [-0.05, 0) is 67.8 Å². The number of hydrogen-bond donors (Lipinski definition) is 0. The molecule has 0 radical (unpaired) electrons. The molecular weight excluding hydrogens is 460 g/mol. The lowest BCUT2D eigenvalue weighted by Crippen LogP contribution is -2.31. The van der Waals surface area contributed by atoms with Crippen molar-refractivity contribution in [2.45, 2.75) is 33.9 Å². The number of nitrogens with zero attached hydrogens (tertiary/aromatic N) is 2. The topological polar surface area (TPSA) is 51.7 Å². The van der Waals surface area contributed by atoms with Gasteiger partial charge in [0.05, 0.1) is 19.7 Å². The molecule has 0 saturated heterocycles. The second-order valence-corrected chi connectivity index (χ2v) is 9.12. The Morgan fingerprint density at radius 1 is 0.886 bits per heavy atom. The highest BCUT2D eigenvalue weighted by Gasteiger charge is 2.21. The molecule has 35 heavy (non-hydrogen) atoms. The van der Waals surface area contributed by atoms with Gasteiger partial charge in [-0.1, -0.05) is 47.5 Å². The zero-order chi connectivity index (χ0) is 25.1. The van der Waals surface area contributed by atoms with E-state index in [1.807, 2.05) is 62.4 Å². The normalized spacial score (nSPS) is 10.9. The molecule has 4 rings (SSSR count). The molecule has 0 aliphatic carbocycles. The third-order valence-corrected chi connectivity index (χ3v) is 6.45. The highest BCUT2D eigenvalue weighted by atomic mass is 35.5. The molecule has 1 heterocycles. The fraction of sp³-hybridized carbons (Fsp3) is 0.241. The van der Waals surface area contributed by atoms with Crippen molar-refractivity contribution in [3.05, 3.63) is 99.2 Å². The molecular formula is C29H29ClN2O3. The second kappa shape index (κ2) is 10.4. The van der Waals surface area contributed by atoms with Gasteiger partial charge in [-0.3, -0.25) is 4.79 Å². The number of carbonyl (C=O) groups excluding carboxylic acids is 1. The van der Waals surface area contributed by atoms with Crippen LogP contribution in [0, 0.1) is 20.8 Å². The zero-order valence-corrected chi connectivity index (χ0v) is 21.4. The predicted molar refractivity (Wildman–Crippen MR) is 141 cm³/mol. The SMILES string of the molecule is COc1ccc(CN(Cc2cc3cc(C)cc(C)c3nc2Cl)C(=O)c2ccccc2C)cc1OC. The van der Waals surface area contributed by atoms with Crippen molar-refractivity contribution in [3.8, 4) is 11.5 Å². The van der Waals surface area contributed by atoms with Crippen LogP contribution < -0.4 is 9.47 Å². The number of aryl methyl sites for hydroxylation is 3. The Balaban J connectivity index is 1.75. The van der Waals surface area contributed by atoms with E-state index in [-0.39, 0.29) is 5.91 Å². The zero-order valence-electron chi connectivity index (χ0n) is 20.7. The highest BCUT2D eigenvalue weighted by Crippen LogP contribution is 2.30. The van der Waals surface area contributed by atoms with Crippen LogP contribution in [0.25, 0.3) is 10.9 Å². The minimum absolute atomic E-state index is 0.0746. The van der Waals surface area contributed by atoms with E-state index in [2.05, 4.69) is 24.0 Å². The van der Waals surface area contributed by atoms with Crippen molar-refractivity contribution in [2.24, 2.45) is 0 Å². The smallest absolute Gasteiger partial charge is 0.254 e.